The molecule has 2 N–H and O–H groups in total. The average molecular weight is 193 g/mol. The summed E-state index contributed by atoms with van der Waals surface area (Å²) in [6.45, 7) is 4.95. The third-order valence-electron chi connectivity index (χ3n) is 2.46. The maximum absolute atomic E-state index is 4.96. The Bertz CT molecular complexity index is 284. The van der Waals surface area contributed by atoms with E-state index in [1.165, 1.54) is 16.7 Å². The van der Waals surface area contributed by atoms with Crippen LogP contribution in [0.15, 0.2) is 18.2 Å². The van der Waals surface area contributed by atoms with Crippen molar-refractivity contribution < 1.29 is 4.84 Å². The highest BCUT2D eigenvalue weighted by Gasteiger charge is 1.98. The molecule has 2 heteroatoms. The number of aryl methyl sites for hydroxylation is 3. The van der Waals surface area contributed by atoms with E-state index in [-0.39, 0.29) is 0 Å². The summed E-state index contributed by atoms with van der Waals surface area (Å²) in [5.74, 6) is 4.96. The molecule has 0 aliphatic heterocycles. The van der Waals surface area contributed by atoms with Crippen LogP contribution in [0.5, 0.6) is 0 Å². The molecule has 1 aromatic carbocycles. The fourth-order valence-electron chi connectivity index (χ4n) is 1.57. The van der Waals surface area contributed by atoms with Gasteiger partial charge in [-0.05, 0) is 44.2 Å². The fraction of sp³-hybridized carbons (Fsp3) is 0.500. The van der Waals surface area contributed by atoms with E-state index >= 15 is 0 Å². The third kappa shape index (κ3) is 3.48. The SMILES string of the molecule is Cc1ccc(C)c(CCCCON)c1. The van der Waals surface area contributed by atoms with E-state index in [0.717, 1.165) is 19.3 Å². The molecule has 0 atom stereocenters. The molecular formula is C12H19NO. The van der Waals surface area contributed by atoms with Crippen LogP contribution in [0.3, 0.4) is 0 Å². The minimum atomic E-state index is 0.658. The Labute approximate surface area is 86.0 Å². The van der Waals surface area contributed by atoms with Gasteiger partial charge in [0, 0.05) is 0 Å². The van der Waals surface area contributed by atoms with Crippen molar-refractivity contribution in [2.45, 2.75) is 33.1 Å². The number of nitrogens with two attached hydrogens (primary N) is 1. The summed E-state index contributed by atoms with van der Waals surface area (Å²) in [4.78, 5) is 4.53. The van der Waals surface area contributed by atoms with Crippen LogP contribution >= 0.6 is 0 Å². The molecule has 1 rings (SSSR count). The zero-order valence-corrected chi connectivity index (χ0v) is 9.05. The van der Waals surface area contributed by atoms with Gasteiger partial charge in [0.15, 0.2) is 0 Å². The Kier molecular flexibility index (Phi) is 4.63. The van der Waals surface area contributed by atoms with E-state index in [1.807, 2.05) is 0 Å². The highest BCUT2D eigenvalue weighted by molar-refractivity contribution is 5.30. The summed E-state index contributed by atoms with van der Waals surface area (Å²) in [5.41, 5.74) is 4.16. The fourth-order valence-corrected chi connectivity index (χ4v) is 1.57. The van der Waals surface area contributed by atoms with Crippen LogP contribution in [0.1, 0.15) is 29.5 Å². The molecule has 78 valence electrons. The standard InChI is InChI=1S/C12H19NO/c1-10-6-7-11(2)12(9-10)5-3-4-8-14-13/h6-7,9H,3-5,8,13H2,1-2H3. The van der Waals surface area contributed by atoms with Crippen LogP contribution in [-0.2, 0) is 11.3 Å². The lowest BCUT2D eigenvalue weighted by molar-refractivity contribution is 0.134. The summed E-state index contributed by atoms with van der Waals surface area (Å²) in [6.07, 6.45) is 3.29. The molecule has 0 aliphatic rings. The molecule has 0 heterocycles. The topological polar surface area (TPSA) is 35.2 Å². The first-order chi connectivity index (χ1) is 6.74. The lowest BCUT2D eigenvalue weighted by Crippen LogP contribution is -2.01. The molecule has 0 radical (unpaired) electrons. The maximum Gasteiger partial charge on any atom is 0.0679 e. The molecule has 0 fully saturated rings. The van der Waals surface area contributed by atoms with Gasteiger partial charge in [0.05, 0.1) is 6.61 Å². The first-order valence-electron chi connectivity index (χ1n) is 5.12. The number of hydrogen-bond acceptors (Lipinski definition) is 2. The highest BCUT2D eigenvalue weighted by Crippen LogP contribution is 2.13. The van der Waals surface area contributed by atoms with Crippen molar-refractivity contribution in [3.8, 4) is 0 Å². The van der Waals surface area contributed by atoms with Crippen molar-refractivity contribution >= 4 is 0 Å². The minimum Gasteiger partial charge on any atom is -0.305 e. The monoisotopic (exact) mass is 193 g/mol. The molecule has 0 saturated heterocycles. The van der Waals surface area contributed by atoms with Crippen molar-refractivity contribution in [2.75, 3.05) is 6.61 Å². The van der Waals surface area contributed by atoms with Gasteiger partial charge in [-0.1, -0.05) is 23.8 Å². The van der Waals surface area contributed by atoms with E-state index in [1.54, 1.807) is 0 Å². The van der Waals surface area contributed by atoms with Crippen molar-refractivity contribution in [3.05, 3.63) is 34.9 Å². The van der Waals surface area contributed by atoms with Crippen LogP contribution in [-0.4, -0.2) is 6.61 Å². The van der Waals surface area contributed by atoms with E-state index in [0.29, 0.717) is 6.61 Å². The molecular weight excluding hydrogens is 174 g/mol. The van der Waals surface area contributed by atoms with Gasteiger partial charge in [0.25, 0.3) is 0 Å². The highest BCUT2D eigenvalue weighted by atomic mass is 16.6. The lowest BCUT2D eigenvalue weighted by Gasteiger charge is -2.06. The first-order valence-corrected chi connectivity index (χ1v) is 5.12. The summed E-state index contributed by atoms with van der Waals surface area (Å²) >= 11 is 0. The normalized spacial score (nSPS) is 10.5. The molecule has 0 saturated carbocycles. The first kappa shape index (κ1) is 11.2. The number of hydrogen-bond donors (Lipinski definition) is 1. The third-order valence-corrected chi connectivity index (χ3v) is 2.46. The Morgan fingerprint density at radius 1 is 1.21 bits per heavy atom. The summed E-state index contributed by atoms with van der Waals surface area (Å²) < 4.78 is 0. The molecule has 0 amide bonds. The van der Waals surface area contributed by atoms with Crippen molar-refractivity contribution in [2.24, 2.45) is 5.90 Å². The van der Waals surface area contributed by atoms with Gasteiger partial charge in [-0.3, -0.25) is 0 Å². The van der Waals surface area contributed by atoms with Crippen LogP contribution in [0.2, 0.25) is 0 Å². The van der Waals surface area contributed by atoms with Gasteiger partial charge in [-0.25, -0.2) is 5.90 Å². The molecule has 0 aromatic heterocycles. The summed E-state index contributed by atoms with van der Waals surface area (Å²) in [7, 11) is 0. The molecule has 0 bridgehead atoms. The quantitative estimate of drug-likeness (QED) is 0.576. The van der Waals surface area contributed by atoms with Gasteiger partial charge in [-0.2, -0.15) is 0 Å². The average Bonchev–Trinajstić information content (AvgIpc) is 2.18. The zero-order valence-electron chi connectivity index (χ0n) is 9.05. The Morgan fingerprint density at radius 3 is 2.71 bits per heavy atom. The molecule has 0 aliphatic carbocycles. The predicted molar refractivity (Wildman–Crippen MR) is 59.0 cm³/mol. The second-order valence-electron chi connectivity index (χ2n) is 3.76. The van der Waals surface area contributed by atoms with Crippen LogP contribution in [0, 0.1) is 13.8 Å². The Balaban J connectivity index is 2.45. The largest absolute Gasteiger partial charge is 0.305 e. The van der Waals surface area contributed by atoms with Gasteiger partial charge >= 0.3 is 0 Å². The van der Waals surface area contributed by atoms with Crippen LogP contribution in [0.4, 0.5) is 0 Å². The minimum absolute atomic E-state index is 0.658. The molecule has 0 unspecified atom stereocenters. The van der Waals surface area contributed by atoms with Crippen molar-refractivity contribution in [1.82, 2.24) is 0 Å². The summed E-state index contributed by atoms with van der Waals surface area (Å²) in [5, 5.41) is 0. The summed E-state index contributed by atoms with van der Waals surface area (Å²) in [6, 6.07) is 6.60. The smallest absolute Gasteiger partial charge is 0.0679 e. The van der Waals surface area contributed by atoms with Crippen LogP contribution in [0.25, 0.3) is 0 Å². The molecule has 1 aromatic rings. The molecule has 14 heavy (non-hydrogen) atoms. The second-order valence-corrected chi connectivity index (χ2v) is 3.76. The van der Waals surface area contributed by atoms with Gasteiger partial charge in [0.1, 0.15) is 0 Å². The van der Waals surface area contributed by atoms with Gasteiger partial charge < -0.3 is 4.84 Å². The predicted octanol–water partition coefficient (Wildman–Crippen LogP) is 2.52. The number of rotatable bonds is 5. The zero-order chi connectivity index (χ0) is 10.4. The molecule has 0 spiro atoms. The van der Waals surface area contributed by atoms with E-state index in [2.05, 4.69) is 36.9 Å². The van der Waals surface area contributed by atoms with E-state index in [9.17, 15) is 0 Å². The number of unbranched alkanes of at least 4 members (excludes halogenated alkanes) is 1. The van der Waals surface area contributed by atoms with E-state index in [4.69, 9.17) is 5.90 Å². The maximum atomic E-state index is 4.96. The van der Waals surface area contributed by atoms with Crippen molar-refractivity contribution in [1.29, 1.82) is 0 Å². The van der Waals surface area contributed by atoms with Crippen LogP contribution < -0.4 is 5.90 Å². The Morgan fingerprint density at radius 2 is 2.00 bits per heavy atom. The Hall–Kier alpha value is -0.860. The van der Waals surface area contributed by atoms with Gasteiger partial charge in [0.2, 0.25) is 0 Å². The lowest BCUT2D eigenvalue weighted by atomic mass is 10.0. The van der Waals surface area contributed by atoms with E-state index < -0.39 is 0 Å². The second kappa shape index (κ2) is 5.78. The molecule has 2 nitrogen and oxygen atoms in total. The van der Waals surface area contributed by atoms with Crippen molar-refractivity contribution in [3.63, 3.8) is 0 Å². The number of benzene rings is 1. The van der Waals surface area contributed by atoms with Gasteiger partial charge in [-0.15, -0.1) is 0 Å².